The zero-order valence-corrected chi connectivity index (χ0v) is 21.9. The van der Waals surface area contributed by atoms with Gasteiger partial charge in [-0.15, -0.1) is 0 Å². The largest absolute Gasteiger partial charge is 0.383 e. The number of carbonyl (C=O) groups excluding carboxylic acids is 3. The highest BCUT2D eigenvalue weighted by atomic mass is 16.5. The number of pyridine rings is 2. The van der Waals surface area contributed by atoms with Gasteiger partial charge in [0, 0.05) is 51.1 Å². The number of rotatable bonds is 7. The molecule has 204 valence electrons. The fourth-order valence-corrected chi connectivity index (χ4v) is 5.44. The Kier molecular flexibility index (Phi) is 7.99. The summed E-state index contributed by atoms with van der Waals surface area (Å²) >= 11 is 0. The van der Waals surface area contributed by atoms with Gasteiger partial charge in [-0.25, -0.2) is 14.8 Å². The van der Waals surface area contributed by atoms with Gasteiger partial charge in [0.25, 0.3) is 0 Å². The van der Waals surface area contributed by atoms with Crippen molar-refractivity contribution in [2.24, 2.45) is 0 Å². The molecule has 5 heterocycles. The number of nitrogens with one attached hydrogen (secondary N) is 1. The molecule has 0 radical (unpaired) electrons. The minimum Gasteiger partial charge on any atom is -0.383 e. The van der Waals surface area contributed by atoms with E-state index in [1.807, 2.05) is 6.07 Å². The molecule has 0 spiro atoms. The molecule has 3 amide bonds. The van der Waals surface area contributed by atoms with Crippen molar-refractivity contribution in [3.63, 3.8) is 0 Å². The molecule has 1 N–H and O–H groups in total. The second-order valence-electron chi connectivity index (χ2n) is 9.83. The molecule has 12 heteroatoms. The number of hydrogen-bond donors (Lipinski definition) is 1. The summed E-state index contributed by atoms with van der Waals surface area (Å²) in [7, 11) is 1.66. The fraction of sp³-hybridized carbons (Fsp3) is 0.481. The Labute approximate surface area is 226 Å². The predicted molar refractivity (Wildman–Crippen MR) is 142 cm³/mol. The lowest BCUT2D eigenvalue weighted by Gasteiger charge is -2.31. The topological polar surface area (TPSA) is 141 Å². The maximum Gasteiger partial charge on any atom is 0.328 e. The van der Waals surface area contributed by atoms with Crippen LogP contribution in [0.4, 0.5) is 22.1 Å². The molecule has 3 aliphatic rings. The molecule has 2 aromatic heterocycles. The zero-order chi connectivity index (χ0) is 27.4. The van der Waals surface area contributed by atoms with Gasteiger partial charge in [0.05, 0.1) is 30.5 Å². The molecule has 2 aromatic rings. The van der Waals surface area contributed by atoms with Crippen molar-refractivity contribution in [3.05, 3.63) is 40.7 Å². The van der Waals surface area contributed by atoms with Crippen LogP contribution in [0.2, 0.25) is 0 Å². The van der Waals surface area contributed by atoms with Crippen molar-refractivity contribution in [1.82, 2.24) is 14.9 Å². The van der Waals surface area contributed by atoms with Crippen LogP contribution in [-0.4, -0.2) is 85.7 Å². The smallest absolute Gasteiger partial charge is 0.328 e. The first-order valence-corrected chi connectivity index (χ1v) is 13.1. The Balaban J connectivity index is 1.37. The lowest BCUT2D eigenvalue weighted by atomic mass is 10.0. The van der Waals surface area contributed by atoms with Crippen molar-refractivity contribution in [1.29, 1.82) is 5.26 Å². The van der Waals surface area contributed by atoms with Gasteiger partial charge in [0.2, 0.25) is 5.91 Å². The average Bonchev–Trinajstić information content (AvgIpc) is 3.41. The number of hydrogen-bond acceptors (Lipinski definition) is 9. The number of ether oxygens (including phenoxy) is 2. The number of morpholine rings is 1. The molecule has 0 saturated carbocycles. The number of aldehydes is 1. The van der Waals surface area contributed by atoms with Gasteiger partial charge in [0.15, 0.2) is 6.29 Å². The SMILES string of the molecule is COC[C@@H]1CCCN1c1cc(NC(=O)N2CCCc3cc(CN4CCOCC4=O)c(C=O)nc32)ncc1C#N. The maximum absolute atomic E-state index is 13.4. The summed E-state index contributed by atoms with van der Waals surface area (Å²) in [5, 5.41) is 12.5. The summed E-state index contributed by atoms with van der Waals surface area (Å²) in [6.45, 7) is 2.95. The number of carbonyl (C=O) groups is 3. The monoisotopic (exact) mass is 533 g/mol. The Morgan fingerprint density at radius 1 is 1.31 bits per heavy atom. The summed E-state index contributed by atoms with van der Waals surface area (Å²) in [5.74, 6) is 0.613. The second-order valence-corrected chi connectivity index (χ2v) is 9.83. The number of methoxy groups -OCH3 is 1. The lowest BCUT2D eigenvalue weighted by Crippen LogP contribution is -2.42. The molecule has 0 aromatic carbocycles. The van der Waals surface area contributed by atoms with Gasteiger partial charge in [-0.2, -0.15) is 5.26 Å². The van der Waals surface area contributed by atoms with Crippen LogP contribution in [0, 0.1) is 11.3 Å². The molecule has 1 atom stereocenters. The third kappa shape index (κ3) is 5.55. The van der Waals surface area contributed by atoms with Crippen LogP contribution in [0.1, 0.15) is 46.4 Å². The number of aromatic nitrogens is 2. The van der Waals surface area contributed by atoms with Crippen LogP contribution in [0.25, 0.3) is 0 Å². The number of urea groups is 1. The third-order valence-corrected chi connectivity index (χ3v) is 7.36. The Morgan fingerprint density at radius 2 is 2.18 bits per heavy atom. The number of anilines is 3. The van der Waals surface area contributed by atoms with Gasteiger partial charge in [-0.05, 0) is 37.3 Å². The molecule has 0 unspecified atom stereocenters. The highest BCUT2D eigenvalue weighted by Crippen LogP contribution is 2.32. The van der Waals surface area contributed by atoms with Gasteiger partial charge in [0.1, 0.15) is 30.0 Å². The lowest BCUT2D eigenvalue weighted by molar-refractivity contribution is -0.143. The van der Waals surface area contributed by atoms with E-state index in [9.17, 15) is 19.6 Å². The van der Waals surface area contributed by atoms with Crippen LogP contribution in [0.5, 0.6) is 0 Å². The van der Waals surface area contributed by atoms with E-state index in [0.717, 1.165) is 31.4 Å². The summed E-state index contributed by atoms with van der Waals surface area (Å²) in [6, 6.07) is 5.52. The molecular weight excluding hydrogens is 502 g/mol. The molecule has 0 aliphatic carbocycles. The van der Waals surface area contributed by atoms with Gasteiger partial charge in [-0.1, -0.05) is 0 Å². The summed E-state index contributed by atoms with van der Waals surface area (Å²) in [4.78, 5) is 51.7. The van der Waals surface area contributed by atoms with Crippen LogP contribution >= 0.6 is 0 Å². The van der Waals surface area contributed by atoms with Crippen LogP contribution < -0.4 is 15.1 Å². The predicted octanol–water partition coefficient (Wildman–Crippen LogP) is 2.12. The first-order valence-electron chi connectivity index (χ1n) is 13.1. The van der Waals surface area contributed by atoms with E-state index in [-0.39, 0.29) is 30.8 Å². The number of amides is 3. The fourth-order valence-electron chi connectivity index (χ4n) is 5.44. The first kappa shape index (κ1) is 26.5. The Bertz CT molecular complexity index is 1310. The molecule has 12 nitrogen and oxygen atoms in total. The van der Waals surface area contributed by atoms with E-state index in [1.54, 1.807) is 18.1 Å². The van der Waals surface area contributed by atoms with E-state index < -0.39 is 6.03 Å². The molecule has 3 aliphatic heterocycles. The first-order chi connectivity index (χ1) is 19.0. The van der Waals surface area contributed by atoms with Crippen molar-refractivity contribution in [2.45, 2.75) is 38.3 Å². The highest BCUT2D eigenvalue weighted by Gasteiger charge is 2.30. The van der Waals surface area contributed by atoms with Crippen LogP contribution in [0.3, 0.4) is 0 Å². The van der Waals surface area contributed by atoms with Crippen LogP contribution in [0.15, 0.2) is 18.3 Å². The minimum atomic E-state index is -0.422. The number of nitriles is 1. The van der Waals surface area contributed by atoms with E-state index in [0.29, 0.717) is 67.5 Å². The molecule has 2 saturated heterocycles. The quantitative estimate of drug-likeness (QED) is 0.530. The summed E-state index contributed by atoms with van der Waals surface area (Å²) in [5.41, 5.74) is 2.83. The molecule has 39 heavy (non-hydrogen) atoms. The van der Waals surface area contributed by atoms with Crippen molar-refractivity contribution in [3.8, 4) is 6.07 Å². The molecule has 0 bridgehead atoms. The Morgan fingerprint density at radius 3 is 2.95 bits per heavy atom. The number of fused-ring (bicyclic) bond motifs is 1. The average molecular weight is 534 g/mol. The van der Waals surface area contributed by atoms with Crippen molar-refractivity contribution in [2.75, 3.05) is 61.7 Å². The maximum atomic E-state index is 13.4. The third-order valence-electron chi connectivity index (χ3n) is 7.36. The molecule has 5 rings (SSSR count). The summed E-state index contributed by atoms with van der Waals surface area (Å²) in [6.07, 6.45) is 5.49. The standard InChI is InChI=1S/C27H31N7O5/c1-38-16-21-5-3-6-33(21)23-11-24(29-13-20(23)12-28)31-27(37)34-7-2-4-18-10-19(22(15-35)30-26(18)34)14-32-8-9-39-17-25(32)36/h10-11,13,15,21H,2-9,14,16-17H2,1H3,(H,29,31,37)/t21-/m0/s1. The Hall–Kier alpha value is -4.08. The summed E-state index contributed by atoms with van der Waals surface area (Å²) < 4.78 is 10.6. The van der Waals surface area contributed by atoms with Crippen LogP contribution in [-0.2, 0) is 27.2 Å². The molecule has 2 fully saturated rings. The molecular formula is C27H31N7O5. The van der Waals surface area contributed by atoms with Gasteiger partial charge in [-0.3, -0.25) is 19.8 Å². The van der Waals surface area contributed by atoms with Gasteiger partial charge >= 0.3 is 6.03 Å². The minimum absolute atomic E-state index is 0.0264. The van der Waals surface area contributed by atoms with E-state index >= 15 is 0 Å². The van der Waals surface area contributed by atoms with E-state index in [4.69, 9.17) is 9.47 Å². The highest BCUT2D eigenvalue weighted by molar-refractivity contribution is 6.02. The van der Waals surface area contributed by atoms with Gasteiger partial charge < -0.3 is 19.3 Å². The zero-order valence-electron chi connectivity index (χ0n) is 21.9. The normalized spacial score (nSPS) is 19.0. The van der Waals surface area contributed by atoms with Crippen molar-refractivity contribution >= 4 is 35.5 Å². The second kappa shape index (κ2) is 11.8. The van der Waals surface area contributed by atoms with Crippen molar-refractivity contribution < 1.29 is 23.9 Å². The van der Waals surface area contributed by atoms with E-state index in [1.165, 1.54) is 11.1 Å². The number of nitrogens with zero attached hydrogens (tertiary/aromatic N) is 6. The van der Waals surface area contributed by atoms with E-state index in [2.05, 4.69) is 26.3 Å². The number of aryl methyl sites for hydroxylation is 1.